The van der Waals surface area contributed by atoms with Gasteiger partial charge in [0.15, 0.2) is 4.80 Å². The zero-order valence-corrected chi connectivity index (χ0v) is 25.4. The number of aryl methyl sites for hydroxylation is 1. The van der Waals surface area contributed by atoms with Crippen molar-refractivity contribution >= 4 is 29.4 Å². The molecule has 0 radical (unpaired) electrons. The first-order valence-corrected chi connectivity index (χ1v) is 14.4. The molecule has 0 saturated carbocycles. The van der Waals surface area contributed by atoms with Crippen LogP contribution < -0.4 is 24.4 Å². The van der Waals surface area contributed by atoms with E-state index in [9.17, 15) is 19.5 Å². The van der Waals surface area contributed by atoms with Crippen LogP contribution in [0.5, 0.6) is 11.5 Å². The molecule has 0 amide bonds. The average Bonchev–Trinajstić information content (AvgIpc) is 3.45. The van der Waals surface area contributed by atoms with E-state index < -0.39 is 18.0 Å². The Morgan fingerprint density at radius 2 is 1.84 bits per heavy atom. The Kier molecular flexibility index (Phi) is 8.10. The van der Waals surface area contributed by atoms with Crippen LogP contribution in [0.25, 0.3) is 11.8 Å². The van der Waals surface area contributed by atoms with E-state index in [2.05, 4.69) is 4.99 Å². The lowest BCUT2D eigenvalue weighted by Gasteiger charge is -2.26. The van der Waals surface area contributed by atoms with Gasteiger partial charge < -0.3 is 23.9 Å². The fraction of sp³-hybridized carbons (Fsp3) is 0.250. The molecule has 0 aliphatic carbocycles. The average molecular weight is 602 g/mol. The molecule has 2 aromatic carbocycles. The maximum Gasteiger partial charge on any atom is 0.338 e. The molecule has 5 rings (SSSR count). The molecule has 43 heavy (non-hydrogen) atoms. The Balaban J connectivity index is 1.72. The Labute approximate surface area is 251 Å². The van der Waals surface area contributed by atoms with Gasteiger partial charge in [-0.15, -0.1) is 0 Å². The van der Waals surface area contributed by atoms with E-state index in [0.717, 1.165) is 17.0 Å². The summed E-state index contributed by atoms with van der Waals surface area (Å²) in [6.45, 7) is 7.44. The van der Waals surface area contributed by atoms with Gasteiger partial charge in [0.25, 0.3) is 5.56 Å². The molecule has 2 aromatic heterocycles. The number of allylic oxidation sites excluding steroid dienone is 1. The third-order valence-electron chi connectivity index (χ3n) is 7.36. The zero-order chi connectivity index (χ0) is 31.0. The van der Waals surface area contributed by atoms with E-state index in [-0.39, 0.29) is 23.3 Å². The first kappa shape index (κ1) is 29.6. The van der Waals surface area contributed by atoms with Gasteiger partial charge in [-0.1, -0.05) is 17.4 Å². The minimum Gasteiger partial charge on any atom is -0.497 e. The molecule has 0 fully saturated rings. The Morgan fingerprint density at radius 3 is 2.51 bits per heavy atom. The number of ether oxygens (including phenoxy) is 3. The number of aromatic carboxylic acids is 1. The predicted molar refractivity (Wildman–Crippen MR) is 162 cm³/mol. The van der Waals surface area contributed by atoms with Gasteiger partial charge in [0.1, 0.15) is 17.5 Å². The van der Waals surface area contributed by atoms with Crippen molar-refractivity contribution in [1.29, 1.82) is 0 Å². The summed E-state index contributed by atoms with van der Waals surface area (Å²) in [5.74, 6) is -0.565. The van der Waals surface area contributed by atoms with Gasteiger partial charge in [0.05, 0.1) is 42.2 Å². The summed E-state index contributed by atoms with van der Waals surface area (Å²) < 4.78 is 20.4. The van der Waals surface area contributed by atoms with Crippen LogP contribution in [-0.2, 0) is 9.53 Å². The van der Waals surface area contributed by atoms with Gasteiger partial charge in [-0.25, -0.2) is 14.6 Å². The van der Waals surface area contributed by atoms with E-state index in [4.69, 9.17) is 14.2 Å². The van der Waals surface area contributed by atoms with Crippen molar-refractivity contribution in [3.05, 3.63) is 108 Å². The van der Waals surface area contributed by atoms with Crippen LogP contribution in [0, 0.1) is 13.8 Å². The van der Waals surface area contributed by atoms with Gasteiger partial charge >= 0.3 is 11.9 Å². The predicted octanol–water partition coefficient (Wildman–Crippen LogP) is 3.92. The normalized spacial score (nSPS) is 14.7. The number of rotatable bonds is 8. The highest BCUT2D eigenvalue weighted by Crippen LogP contribution is 2.38. The third-order valence-corrected chi connectivity index (χ3v) is 8.34. The summed E-state index contributed by atoms with van der Waals surface area (Å²) >= 11 is 1.22. The van der Waals surface area contributed by atoms with Gasteiger partial charge in [-0.3, -0.25) is 9.36 Å². The molecule has 0 spiro atoms. The summed E-state index contributed by atoms with van der Waals surface area (Å²) in [7, 11) is 3.07. The van der Waals surface area contributed by atoms with Crippen molar-refractivity contribution in [3.63, 3.8) is 0 Å². The molecule has 11 heteroatoms. The Bertz CT molecular complexity index is 1980. The van der Waals surface area contributed by atoms with Crippen LogP contribution in [0.4, 0.5) is 0 Å². The second-order valence-electron chi connectivity index (χ2n) is 9.93. The van der Waals surface area contributed by atoms with Crippen LogP contribution in [0.2, 0.25) is 0 Å². The van der Waals surface area contributed by atoms with Crippen LogP contribution in [0.3, 0.4) is 0 Å². The summed E-state index contributed by atoms with van der Waals surface area (Å²) in [5, 5.41) is 9.47. The molecule has 1 aliphatic heterocycles. The van der Waals surface area contributed by atoms with Gasteiger partial charge in [0, 0.05) is 22.6 Å². The van der Waals surface area contributed by atoms with Crippen molar-refractivity contribution in [2.45, 2.75) is 33.7 Å². The minimum absolute atomic E-state index is 0.160. The number of hydrogen-bond donors (Lipinski definition) is 1. The largest absolute Gasteiger partial charge is 0.497 e. The van der Waals surface area contributed by atoms with Gasteiger partial charge in [-0.05, 0) is 81.8 Å². The highest BCUT2D eigenvalue weighted by molar-refractivity contribution is 7.07. The number of carboxylic acids is 1. The monoisotopic (exact) mass is 601 g/mol. The zero-order valence-electron chi connectivity index (χ0n) is 24.6. The quantitative estimate of drug-likeness (QED) is 0.304. The maximum absolute atomic E-state index is 14.1. The number of carbonyl (C=O) groups is 2. The number of carboxylic acid groups (broad SMARTS) is 1. The van der Waals surface area contributed by atoms with Crippen molar-refractivity contribution < 1.29 is 28.9 Å². The second-order valence-corrected chi connectivity index (χ2v) is 10.9. The smallest absolute Gasteiger partial charge is 0.338 e. The molecule has 3 heterocycles. The lowest BCUT2D eigenvalue weighted by Crippen LogP contribution is -2.40. The topological polar surface area (TPSA) is 121 Å². The Morgan fingerprint density at radius 1 is 1.07 bits per heavy atom. The molecule has 4 aromatic rings. The first-order chi connectivity index (χ1) is 20.6. The number of nitrogens with zero attached hydrogens (tertiary/aromatic N) is 3. The van der Waals surface area contributed by atoms with Gasteiger partial charge in [0.2, 0.25) is 0 Å². The Hall–Kier alpha value is -4.90. The molecule has 10 nitrogen and oxygen atoms in total. The van der Waals surface area contributed by atoms with Crippen molar-refractivity contribution in [1.82, 2.24) is 9.13 Å². The lowest BCUT2D eigenvalue weighted by molar-refractivity contribution is -0.139. The number of thiazole rings is 1. The highest BCUT2D eigenvalue weighted by Gasteiger charge is 2.35. The molecule has 0 bridgehead atoms. The molecular weight excluding hydrogens is 570 g/mol. The van der Waals surface area contributed by atoms with Crippen molar-refractivity contribution in [3.8, 4) is 17.2 Å². The lowest BCUT2D eigenvalue weighted by atomic mass is 9.94. The molecule has 1 aliphatic rings. The maximum atomic E-state index is 14.1. The number of benzene rings is 2. The highest BCUT2D eigenvalue weighted by atomic mass is 32.1. The summed E-state index contributed by atoms with van der Waals surface area (Å²) in [6, 6.07) is 13.0. The van der Waals surface area contributed by atoms with Crippen LogP contribution >= 0.6 is 11.3 Å². The summed E-state index contributed by atoms with van der Waals surface area (Å²) in [4.78, 5) is 44.1. The number of fused-ring (bicyclic) bond motifs is 1. The van der Waals surface area contributed by atoms with Gasteiger partial charge in [-0.2, -0.15) is 0 Å². The van der Waals surface area contributed by atoms with E-state index in [1.807, 2.05) is 30.5 Å². The van der Waals surface area contributed by atoms with E-state index >= 15 is 0 Å². The molecule has 0 unspecified atom stereocenters. The molecular formula is C32H31N3O7S. The number of carbonyl (C=O) groups excluding carboxylic acids is 1. The minimum atomic E-state index is -1.01. The SMILES string of the molecule is CCOC(=O)C1=C(C)N=c2s/c(=C\c3cc(C)n(-c4cccc(C(=O)O)c4)c3C)c(=O)n2[C@H]1c1cc(OC)ccc1OC. The molecule has 222 valence electrons. The fourth-order valence-corrected chi connectivity index (χ4v) is 6.43. The fourth-order valence-electron chi connectivity index (χ4n) is 5.39. The standard InChI is InChI=1S/C32H31N3O7S/c1-7-42-31(39)27-18(3)33-32-35(28(27)24-16-23(40-5)11-12-25(24)41-6)29(36)26(43-32)15-21-13-17(2)34(19(21)4)22-10-8-9-20(14-22)30(37)38/h8-16,28H,7H2,1-6H3,(H,37,38)/b26-15-/t28-/m0/s1. The van der Waals surface area contributed by atoms with E-state index in [1.54, 1.807) is 63.4 Å². The first-order valence-electron chi connectivity index (χ1n) is 13.5. The number of esters is 1. The van der Waals surface area contributed by atoms with Crippen LogP contribution in [0.1, 0.15) is 52.8 Å². The number of aromatic nitrogens is 2. The summed E-state index contributed by atoms with van der Waals surface area (Å²) in [5.41, 5.74) is 4.30. The summed E-state index contributed by atoms with van der Waals surface area (Å²) in [6.07, 6.45) is 1.80. The van der Waals surface area contributed by atoms with Crippen molar-refractivity contribution in [2.24, 2.45) is 4.99 Å². The molecule has 1 atom stereocenters. The molecule has 1 N–H and O–H groups in total. The molecule has 0 saturated heterocycles. The van der Waals surface area contributed by atoms with Crippen LogP contribution in [0.15, 0.2) is 69.6 Å². The van der Waals surface area contributed by atoms with E-state index in [1.165, 1.54) is 23.0 Å². The third kappa shape index (κ3) is 5.27. The number of methoxy groups -OCH3 is 2. The van der Waals surface area contributed by atoms with Crippen LogP contribution in [-0.4, -0.2) is 47.0 Å². The number of hydrogen-bond acceptors (Lipinski definition) is 8. The van der Waals surface area contributed by atoms with E-state index in [0.29, 0.717) is 37.8 Å². The van der Waals surface area contributed by atoms with Crippen molar-refractivity contribution in [2.75, 3.05) is 20.8 Å². The second kappa shape index (κ2) is 11.8.